The van der Waals surface area contributed by atoms with E-state index in [0.29, 0.717) is 16.4 Å². The van der Waals surface area contributed by atoms with E-state index in [1.54, 1.807) is 12.1 Å². The van der Waals surface area contributed by atoms with E-state index in [1.165, 1.54) is 0 Å². The predicted octanol–water partition coefficient (Wildman–Crippen LogP) is 4.15. The summed E-state index contributed by atoms with van der Waals surface area (Å²) in [5.41, 5.74) is 4.86. The van der Waals surface area contributed by atoms with Crippen LogP contribution in [0.1, 0.15) is 22.3 Å². The van der Waals surface area contributed by atoms with E-state index in [-0.39, 0.29) is 0 Å². The maximum atomic E-state index is 12.1. The summed E-state index contributed by atoms with van der Waals surface area (Å²) in [6, 6.07) is 9.23. The van der Waals surface area contributed by atoms with Gasteiger partial charge in [0, 0.05) is 5.69 Å². The van der Waals surface area contributed by atoms with Crippen molar-refractivity contribution in [2.75, 3.05) is 10.6 Å². The summed E-state index contributed by atoms with van der Waals surface area (Å²) in [6.45, 7) is 7.59. The molecule has 0 radical (unpaired) electrons. The normalized spacial score (nSPS) is 10.3. The van der Waals surface area contributed by atoms with Crippen LogP contribution in [0.25, 0.3) is 0 Å². The molecule has 0 aliphatic carbocycles. The number of amides is 2. The third kappa shape index (κ3) is 4.11. The number of carbonyl (C=O) groups excluding carboxylic acids is 2. The molecule has 2 amide bonds. The second kappa shape index (κ2) is 6.84. The molecule has 2 aromatic rings. The first-order valence-electron chi connectivity index (χ1n) is 7.24. The van der Waals surface area contributed by atoms with Crippen molar-refractivity contribution >= 4 is 34.8 Å². The fraction of sp³-hybridized carbons (Fsp3) is 0.222. The molecule has 0 fully saturated rings. The molecule has 0 unspecified atom stereocenters. The first kappa shape index (κ1) is 17.0. The van der Waals surface area contributed by atoms with Gasteiger partial charge in [0.2, 0.25) is 0 Å². The van der Waals surface area contributed by atoms with Crippen molar-refractivity contribution in [2.24, 2.45) is 0 Å². The van der Waals surface area contributed by atoms with E-state index in [0.717, 1.165) is 22.3 Å². The van der Waals surface area contributed by atoms with Crippen LogP contribution in [0.5, 0.6) is 0 Å². The van der Waals surface area contributed by atoms with Gasteiger partial charge in [0.25, 0.3) is 0 Å². The van der Waals surface area contributed by atoms with Crippen molar-refractivity contribution in [3.63, 3.8) is 0 Å². The largest absolute Gasteiger partial charge is 0.318 e. The van der Waals surface area contributed by atoms with Crippen molar-refractivity contribution in [3.8, 4) is 0 Å². The molecule has 0 spiro atoms. The number of nitrogens with one attached hydrogen (secondary N) is 2. The van der Waals surface area contributed by atoms with Crippen molar-refractivity contribution in [2.45, 2.75) is 27.7 Å². The van der Waals surface area contributed by atoms with Crippen molar-refractivity contribution in [3.05, 3.63) is 57.6 Å². The van der Waals surface area contributed by atoms with Gasteiger partial charge in [0.1, 0.15) is 0 Å². The van der Waals surface area contributed by atoms with E-state index in [2.05, 4.69) is 10.6 Å². The molecular weight excluding hydrogens is 312 g/mol. The van der Waals surface area contributed by atoms with Gasteiger partial charge in [-0.05, 0) is 56.5 Å². The maximum Gasteiger partial charge on any atom is 0.314 e. The van der Waals surface area contributed by atoms with Gasteiger partial charge in [0.15, 0.2) is 0 Å². The molecule has 4 nitrogen and oxygen atoms in total. The van der Waals surface area contributed by atoms with Crippen LogP contribution < -0.4 is 10.6 Å². The van der Waals surface area contributed by atoms with Gasteiger partial charge in [0.05, 0.1) is 10.7 Å². The second-order valence-corrected chi connectivity index (χ2v) is 6.07. The Morgan fingerprint density at radius 1 is 0.826 bits per heavy atom. The minimum absolute atomic E-state index is 0.412. The van der Waals surface area contributed by atoms with Gasteiger partial charge in [-0.3, -0.25) is 9.59 Å². The number of hydrogen-bond donors (Lipinski definition) is 2. The fourth-order valence-corrected chi connectivity index (χ4v) is 2.75. The van der Waals surface area contributed by atoms with Crippen LogP contribution in [-0.4, -0.2) is 11.8 Å². The van der Waals surface area contributed by atoms with Gasteiger partial charge >= 0.3 is 11.8 Å². The highest BCUT2D eigenvalue weighted by Crippen LogP contribution is 2.27. The maximum absolute atomic E-state index is 12.1. The van der Waals surface area contributed by atoms with Gasteiger partial charge in [-0.2, -0.15) is 0 Å². The van der Waals surface area contributed by atoms with Crippen LogP contribution in [0.3, 0.4) is 0 Å². The number of benzene rings is 2. The summed E-state index contributed by atoms with van der Waals surface area (Å²) >= 11 is 6.14. The first-order chi connectivity index (χ1) is 10.8. The lowest BCUT2D eigenvalue weighted by Gasteiger charge is -2.12. The summed E-state index contributed by atoms with van der Waals surface area (Å²) in [7, 11) is 0. The Kier molecular flexibility index (Phi) is 5.06. The number of halogens is 1. The lowest BCUT2D eigenvalue weighted by Crippen LogP contribution is -2.29. The standard InChI is InChI=1S/C18H19ClN2O2/c1-10-5-6-15(12(3)7-10)20-17(22)18(23)21-16-13(4)8-11(2)9-14(16)19/h5-9H,1-4H3,(H,20,22)(H,21,23). The Morgan fingerprint density at radius 3 is 2.04 bits per heavy atom. The van der Waals surface area contributed by atoms with Crippen LogP contribution >= 0.6 is 11.6 Å². The molecule has 23 heavy (non-hydrogen) atoms. The van der Waals surface area contributed by atoms with Crippen LogP contribution in [0.15, 0.2) is 30.3 Å². The monoisotopic (exact) mass is 330 g/mol. The Bertz CT molecular complexity index is 762. The molecule has 0 bridgehead atoms. The Morgan fingerprint density at radius 2 is 1.43 bits per heavy atom. The topological polar surface area (TPSA) is 58.2 Å². The summed E-state index contributed by atoms with van der Waals surface area (Å²) in [5, 5.41) is 5.60. The highest BCUT2D eigenvalue weighted by Gasteiger charge is 2.17. The minimum Gasteiger partial charge on any atom is -0.318 e. The highest BCUT2D eigenvalue weighted by molar-refractivity contribution is 6.45. The van der Waals surface area contributed by atoms with E-state index >= 15 is 0 Å². The predicted molar refractivity (Wildman–Crippen MR) is 94.1 cm³/mol. The molecule has 5 heteroatoms. The summed E-state index contributed by atoms with van der Waals surface area (Å²) < 4.78 is 0. The number of hydrogen-bond acceptors (Lipinski definition) is 2. The first-order valence-corrected chi connectivity index (χ1v) is 7.62. The van der Waals surface area contributed by atoms with Gasteiger partial charge in [-0.1, -0.05) is 35.4 Å². The molecule has 0 saturated carbocycles. The smallest absolute Gasteiger partial charge is 0.314 e. The lowest BCUT2D eigenvalue weighted by molar-refractivity contribution is -0.133. The zero-order valence-electron chi connectivity index (χ0n) is 13.6. The number of rotatable bonds is 2. The summed E-state index contributed by atoms with van der Waals surface area (Å²) in [4.78, 5) is 24.2. The van der Waals surface area contributed by atoms with Gasteiger partial charge < -0.3 is 10.6 Å². The molecular formula is C18H19ClN2O2. The molecule has 120 valence electrons. The van der Waals surface area contributed by atoms with E-state index in [9.17, 15) is 9.59 Å². The molecule has 0 saturated heterocycles. The molecule has 0 aromatic heterocycles. The average Bonchev–Trinajstić information content (AvgIpc) is 2.45. The molecule has 0 atom stereocenters. The van der Waals surface area contributed by atoms with Gasteiger partial charge in [-0.15, -0.1) is 0 Å². The zero-order valence-corrected chi connectivity index (χ0v) is 14.3. The Balaban J connectivity index is 2.13. The Hall–Kier alpha value is -2.33. The quantitative estimate of drug-likeness (QED) is 0.813. The molecule has 0 heterocycles. The summed E-state index contributed by atoms with van der Waals surface area (Å²) in [5.74, 6) is -1.48. The molecule has 2 rings (SSSR count). The second-order valence-electron chi connectivity index (χ2n) is 5.67. The van der Waals surface area contributed by atoms with E-state index in [4.69, 9.17) is 11.6 Å². The lowest BCUT2D eigenvalue weighted by atomic mass is 10.1. The van der Waals surface area contributed by atoms with Crippen molar-refractivity contribution < 1.29 is 9.59 Å². The van der Waals surface area contributed by atoms with Crippen molar-refractivity contribution in [1.82, 2.24) is 0 Å². The van der Waals surface area contributed by atoms with Gasteiger partial charge in [-0.25, -0.2) is 0 Å². The molecule has 0 aliphatic rings. The van der Waals surface area contributed by atoms with Crippen LogP contribution in [0, 0.1) is 27.7 Å². The zero-order chi connectivity index (χ0) is 17.1. The molecule has 2 aromatic carbocycles. The number of carbonyl (C=O) groups is 2. The molecule has 2 N–H and O–H groups in total. The van der Waals surface area contributed by atoms with Crippen LogP contribution in [0.2, 0.25) is 5.02 Å². The number of aryl methyl sites for hydroxylation is 4. The highest BCUT2D eigenvalue weighted by atomic mass is 35.5. The minimum atomic E-state index is -0.751. The Labute approximate surface area is 140 Å². The fourth-order valence-electron chi connectivity index (χ4n) is 2.38. The summed E-state index contributed by atoms with van der Waals surface area (Å²) in [6.07, 6.45) is 0. The van der Waals surface area contributed by atoms with Crippen LogP contribution in [-0.2, 0) is 9.59 Å². The molecule has 0 aliphatic heterocycles. The van der Waals surface area contributed by atoms with Crippen LogP contribution in [0.4, 0.5) is 11.4 Å². The van der Waals surface area contributed by atoms with E-state index < -0.39 is 11.8 Å². The average molecular weight is 331 g/mol. The SMILES string of the molecule is Cc1ccc(NC(=O)C(=O)Nc2c(C)cc(C)cc2Cl)c(C)c1. The third-order valence-electron chi connectivity index (χ3n) is 3.51. The third-order valence-corrected chi connectivity index (χ3v) is 3.80. The number of anilines is 2. The van der Waals surface area contributed by atoms with Crippen molar-refractivity contribution in [1.29, 1.82) is 0 Å². The van der Waals surface area contributed by atoms with E-state index in [1.807, 2.05) is 45.9 Å².